The van der Waals surface area contributed by atoms with Gasteiger partial charge in [0.15, 0.2) is 0 Å². The smallest absolute Gasteiger partial charge is 0.285 e. The van der Waals surface area contributed by atoms with Crippen molar-refractivity contribution >= 4 is 27.1 Å². The van der Waals surface area contributed by atoms with Crippen LogP contribution in [0.25, 0.3) is 0 Å². The van der Waals surface area contributed by atoms with E-state index in [1.54, 1.807) is 25.6 Å². The van der Waals surface area contributed by atoms with Gasteiger partial charge in [-0.2, -0.15) is 4.36 Å². The number of Topliss-reactive ketones (excluding diaryl/α,β-unsaturated/α-hetero) is 1. The second-order valence-electron chi connectivity index (χ2n) is 14.7. The zero-order chi connectivity index (χ0) is 34.7. The lowest BCUT2D eigenvalue weighted by Crippen LogP contribution is -2.49. The Bertz CT molecular complexity index is 1890. The minimum Gasteiger partial charge on any atom is -0.490 e. The molecule has 0 saturated heterocycles. The van der Waals surface area contributed by atoms with Gasteiger partial charge in [0, 0.05) is 55.7 Å². The van der Waals surface area contributed by atoms with Crippen molar-refractivity contribution in [3.63, 3.8) is 0 Å². The topological polar surface area (TPSA) is 111 Å². The minimum atomic E-state index is -3.16. The number of ether oxygens (including phenoxy) is 2. The Labute approximate surface area is 296 Å². The van der Waals surface area contributed by atoms with Gasteiger partial charge in [-0.25, -0.2) is 14.2 Å². The summed E-state index contributed by atoms with van der Waals surface area (Å²) in [6, 6.07) is 12.3. The number of aryl methyl sites for hydroxylation is 3. The van der Waals surface area contributed by atoms with Crippen LogP contribution >= 0.6 is 0 Å². The Balaban J connectivity index is 1.24. The summed E-state index contributed by atoms with van der Waals surface area (Å²) in [6.07, 6.45) is 16.3. The summed E-state index contributed by atoms with van der Waals surface area (Å²) < 4.78 is 31.4. The van der Waals surface area contributed by atoms with E-state index < -0.39 is 15.6 Å². The van der Waals surface area contributed by atoms with E-state index in [9.17, 15) is 13.8 Å². The summed E-state index contributed by atoms with van der Waals surface area (Å²) in [5, 5.41) is 0. The third kappa shape index (κ3) is 7.42. The molecule has 10 heteroatoms. The number of rotatable bonds is 6. The molecule has 4 aliphatic rings. The largest absolute Gasteiger partial charge is 0.490 e. The van der Waals surface area contributed by atoms with Crippen molar-refractivity contribution in [1.82, 2.24) is 9.97 Å². The standard InChI is InChI=1S/C40H48N4O5S/c1-28-9-15-35-30(19-28)7-6-17-40(35)25-44-23-32-11-14-34(32)37(48-2)8-4-3-5-18-50(47,24-33(45)13-10-29-21-41-27-42-22-29)43-39(46)31-12-16-38(49-26-40)36(44)20-31/h4,8-9,12,15-16,19-22,27,32,34,37H,3,5-7,10-11,13-14,17-18,23-26H2,1-2H3/b8-4+/t32-,34+,37-,40-,50+/m0/s1. The fourth-order valence-corrected chi connectivity index (χ4v) is 10.4. The number of hydrogen-bond donors (Lipinski definition) is 0. The summed E-state index contributed by atoms with van der Waals surface area (Å²) in [7, 11) is -1.38. The molecule has 0 unspecified atom stereocenters. The Morgan fingerprint density at radius 1 is 1.12 bits per heavy atom. The quantitative estimate of drug-likeness (QED) is 0.270. The van der Waals surface area contributed by atoms with Gasteiger partial charge in [-0.05, 0) is 105 Å². The fraction of sp³-hybridized carbons (Fsp3) is 0.500. The first-order valence-electron chi connectivity index (χ1n) is 18.1. The molecule has 3 aromatic rings. The van der Waals surface area contributed by atoms with Crippen molar-refractivity contribution in [2.24, 2.45) is 16.2 Å². The number of anilines is 1. The van der Waals surface area contributed by atoms with E-state index in [2.05, 4.69) is 56.5 Å². The van der Waals surface area contributed by atoms with Crippen LogP contribution in [-0.2, 0) is 37.5 Å². The lowest BCUT2D eigenvalue weighted by atomic mass is 9.68. The van der Waals surface area contributed by atoms with Gasteiger partial charge in [-0.15, -0.1) is 0 Å². The molecule has 264 valence electrons. The van der Waals surface area contributed by atoms with Gasteiger partial charge in [0.25, 0.3) is 5.91 Å². The number of carbonyl (C=O) groups is 2. The Morgan fingerprint density at radius 2 is 1.98 bits per heavy atom. The van der Waals surface area contributed by atoms with E-state index in [4.69, 9.17) is 9.47 Å². The maximum absolute atomic E-state index is 14.3. The van der Waals surface area contributed by atoms with Crippen molar-refractivity contribution in [1.29, 1.82) is 0 Å². The lowest BCUT2D eigenvalue weighted by molar-refractivity contribution is -0.116. The van der Waals surface area contributed by atoms with E-state index >= 15 is 0 Å². The summed E-state index contributed by atoms with van der Waals surface area (Å²) in [4.78, 5) is 37.5. The van der Waals surface area contributed by atoms with E-state index in [0.717, 1.165) is 62.2 Å². The molecule has 50 heavy (non-hydrogen) atoms. The monoisotopic (exact) mass is 696 g/mol. The predicted octanol–water partition coefficient (Wildman–Crippen LogP) is 6.46. The van der Waals surface area contributed by atoms with Crippen molar-refractivity contribution in [3.05, 3.63) is 95.1 Å². The number of fused-ring (bicyclic) bond motifs is 4. The van der Waals surface area contributed by atoms with E-state index in [-0.39, 0.29) is 35.2 Å². The number of hydrogen-bond acceptors (Lipinski definition) is 8. The highest BCUT2D eigenvalue weighted by Crippen LogP contribution is 2.47. The van der Waals surface area contributed by atoms with Crippen LogP contribution in [0, 0.1) is 18.8 Å². The molecule has 2 aliphatic heterocycles. The van der Waals surface area contributed by atoms with Gasteiger partial charge in [0.2, 0.25) is 0 Å². The van der Waals surface area contributed by atoms with Crippen LogP contribution in [0.3, 0.4) is 0 Å². The number of ketones is 1. The number of amides is 1. The summed E-state index contributed by atoms with van der Waals surface area (Å²) in [5.41, 5.74) is 5.93. The molecule has 7 rings (SSSR count). The molecule has 2 aliphatic carbocycles. The second-order valence-corrected chi connectivity index (χ2v) is 17.1. The van der Waals surface area contributed by atoms with Gasteiger partial charge >= 0.3 is 0 Å². The molecule has 1 aromatic heterocycles. The first-order valence-corrected chi connectivity index (χ1v) is 19.9. The minimum absolute atomic E-state index is 0.0119. The summed E-state index contributed by atoms with van der Waals surface area (Å²) in [6.45, 7) is 4.32. The number of nitrogens with zero attached hydrogens (tertiary/aromatic N) is 4. The fourth-order valence-electron chi connectivity index (χ4n) is 8.42. The maximum Gasteiger partial charge on any atom is 0.285 e. The van der Waals surface area contributed by atoms with Crippen LogP contribution in [0.1, 0.15) is 77.6 Å². The first-order chi connectivity index (χ1) is 24.2. The molecular formula is C40H48N4O5S. The Morgan fingerprint density at radius 3 is 2.78 bits per heavy atom. The molecule has 3 heterocycles. The van der Waals surface area contributed by atoms with Gasteiger partial charge in [-0.1, -0.05) is 35.9 Å². The number of aromatic nitrogens is 2. The molecular weight excluding hydrogens is 649 g/mol. The summed E-state index contributed by atoms with van der Waals surface area (Å²) >= 11 is 0. The van der Waals surface area contributed by atoms with Crippen LogP contribution in [0.15, 0.2) is 71.6 Å². The van der Waals surface area contributed by atoms with E-state index in [1.165, 1.54) is 23.0 Å². The zero-order valence-electron chi connectivity index (χ0n) is 29.2. The average molecular weight is 697 g/mol. The van der Waals surface area contributed by atoms with Gasteiger partial charge in [0.1, 0.15) is 17.9 Å². The highest BCUT2D eigenvalue weighted by atomic mass is 32.2. The highest BCUT2D eigenvalue weighted by molar-refractivity contribution is 7.94. The molecule has 1 amide bonds. The molecule has 0 N–H and O–H groups in total. The predicted molar refractivity (Wildman–Crippen MR) is 195 cm³/mol. The lowest BCUT2D eigenvalue weighted by Gasteiger charge is -2.46. The number of allylic oxidation sites excluding steroid dienone is 1. The third-order valence-corrected chi connectivity index (χ3v) is 13.4. The molecule has 1 spiro atoms. The zero-order valence-corrected chi connectivity index (χ0v) is 30.0. The maximum atomic E-state index is 14.3. The number of benzene rings is 2. The molecule has 5 atom stereocenters. The first kappa shape index (κ1) is 34.6. The van der Waals surface area contributed by atoms with Crippen LogP contribution in [0.2, 0.25) is 0 Å². The molecule has 1 fully saturated rings. The van der Waals surface area contributed by atoms with Crippen molar-refractivity contribution in [2.45, 2.75) is 76.2 Å². The SMILES string of the molecule is CO[C@H]1/C=C/CCC[S@@](=O)(CC(=O)CCc2cncnc2)=NC(=O)c2ccc3c(c2)N(C[C@@H]2CC[C@H]21)C[C@@]1(CCCc2cc(C)ccc21)CO3. The van der Waals surface area contributed by atoms with E-state index in [0.29, 0.717) is 43.3 Å². The molecule has 1 saturated carbocycles. The third-order valence-electron chi connectivity index (χ3n) is 11.2. The summed E-state index contributed by atoms with van der Waals surface area (Å²) in [5.74, 6) is 0.715. The Hall–Kier alpha value is -3.89. The van der Waals surface area contributed by atoms with Crippen molar-refractivity contribution < 1.29 is 23.3 Å². The number of carbonyl (C=O) groups excluding carboxylic acids is 2. The Kier molecular flexibility index (Phi) is 10.2. The molecule has 0 radical (unpaired) electrons. The normalized spacial score (nSPS) is 28.6. The highest BCUT2D eigenvalue weighted by Gasteiger charge is 2.44. The van der Waals surface area contributed by atoms with Crippen LogP contribution in [0.4, 0.5) is 5.69 Å². The van der Waals surface area contributed by atoms with Crippen LogP contribution in [-0.4, -0.2) is 70.3 Å². The van der Waals surface area contributed by atoms with Gasteiger partial charge < -0.3 is 14.4 Å². The molecule has 9 nitrogen and oxygen atoms in total. The van der Waals surface area contributed by atoms with Crippen molar-refractivity contribution in [3.8, 4) is 5.75 Å². The van der Waals surface area contributed by atoms with Crippen LogP contribution in [0.5, 0.6) is 5.75 Å². The van der Waals surface area contributed by atoms with E-state index in [1.807, 2.05) is 12.1 Å². The van der Waals surface area contributed by atoms with Crippen molar-refractivity contribution in [2.75, 3.05) is 43.2 Å². The molecule has 2 aromatic carbocycles. The second kappa shape index (κ2) is 14.8. The van der Waals surface area contributed by atoms with Gasteiger partial charge in [0.05, 0.1) is 33.9 Å². The average Bonchev–Trinajstić information content (AvgIpc) is 3.25. The number of methoxy groups -OCH3 is 1. The molecule has 2 bridgehead atoms. The van der Waals surface area contributed by atoms with Gasteiger partial charge in [-0.3, -0.25) is 9.59 Å². The van der Waals surface area contributed by atoms with Crippen LogP contribution < -0.4 is 9.64 Å².